The molecule has 2 aromatic heterocycles. The van der Waals surface area contributed by atoms with Crippen molar-refractivity contribution in [1.29, 1.82) is 0 Å². The molecule has 0 spiro atoms. The molecule has 0 saturated carbocycles. The molecule has 0 aliphatic carbocycles. The smallest absolute Gasteiger partial charge is 0.335 e. The third-order valence-electron chi connectivity index (χ3n) is 4.33. The molecule has 26 heavy (non-hydrogen) atoms. The van der Waals surface area contributed by atoms with Gasteiger partial charge in [-0.25, -0.2) is 4.79 Å². The van der Waals surface area contributed by atoms with Crippen molar-refractivity contribution in [3.05, 3.63) is 65.6 Å². The number of hydrogen-bond donors (Lipinski definition) is 2. The zero-order chi connectivity index (χ0) is 18.1. The number of benzene rings is 1. The topological polar surface area (TPSA) is 84.1 Å². The molecule has 3 aromatic rings. The van der Waals surface area contributed by atoms with Gasteiger partial charge in [-0.1, -0.05) is 24.3 Å². The molecule has 1 aliphatic rings. The Morgan fingerprint density at radius 2 is 2.08 bits per heavy atom. The van der Waals surface area contributed by atoms with Crippen LogP contribution in [0.25, 0.3) is 16.5 Å². The number of H-pyrrole nitrogens is 1. The number of rotatable bonds is 3. The van der Waals surface area contributed by atoms with Crippen molar-refractivity contribution in [3.63, 3.8) is 0 Å². The summed E-state index contributed by atoms with van der Waals surface area (Å²) in [5.41, 5.74) is 3.95. The maximum absolute atomic E-state index is 12.6. The summed E-state index contributed by atoms with van der Waals surface area (Å²) in [6.45, 7) is 1.98. The minimum Gasteiger partial charge on any atom is -0.463 e. The second-order valence-corrected chi connectivity index (χ2v) is 5.96. The summed E-state index contributed by atoms with van der Waals surface area (Å²) >= 11 is 0. The van der Waals surface area contributed by atoms with E-state index in [1.807, 2.05) is 30.3 Å². The molecule has 0 saturated heterocycles. The number of aromatic nitrogens is 2. The number of aromatic amines is 1. The number of para-hydroxylation sites is 1. The SMILES string of the molecule is CCOC(=O)C1=C(c2cccnc2)c2[nH]c3ccccc3c2NC(=O)C1. The quantitative estimate of drug-likeness (QED) is 0.712. The fourth-order valence-corrected chi connectivity index (χ4v) is 3.26. The number of fused-ring (bicyclic) bond motifs is 3. The Hall–Kier alpha value is -3.41. The molecule has 3 heterocycles. The van der Waals surface area contributed by atoms with E-state index < -0.39 is 5.97 Å². The lowest BCUT2D eigenvalue weighted by molar-refractivity contribution is -0.139. The molecule has 6 heteroatoms. The van der Waals surface area contributed by atoms with Crippen LogP contribution in [0, 0.1) is 0 Å². The van der Waals surface area contributed by atoms with Crippen LogP contribution in [0.4, 0.5) is 5.69 Å². The molecule has 0 unspecified atom stereocenters. The number of hydrogen-bond acceptors (Lipinski definition) is 4. The summed E-state index contributed by atoms with van der Waals surface area (Å²) in [5.74, 6) is -0.744. The van der Waals surface area contributed by atoms with Gasteiger partial charge in [-0.05, 0) is 19.1 Å². The molecule has 6 nitrogen and oxygen atoms in total. The van der Waals surface area contributed by atoms with Gasteiger partial charge in [0, 0.05) is 34.4 Å². The summed E-state index contributed by atoms with van der Waals surface area (Å²) in [4.78, 5) is 32.6. The number of esters is 1. The van der Waals surface area contributed by atoms with Crippen molar-refractivity contribution in [2.24, 2.45) is 0 Å². The lowest BCUT2D eigenvalue weighted by atomic mass is 9.96. The fourth-order valence-electron chi connectivity index (χ4n) is 3.26. The van der Waals surface area contributed by atoms with Crippen LogP contribution in [-0.2, 0) is 14.3 Å². The Morgan fingerprint density at radius 1 is 1.23 bits per heavy atom. The van der Waals surface area contributed by atoms with Crippen LogP contribution in [0.3, 0.4) is 0 Å². The molecule has 1 aromatic carbocycles. The van der Waals surface area contributed by atoms with Gasteiger partial charge >= 0.3 is 5.97 Å². The molecule has 1 aliphatic heterocycles. The highest BCUT2D eigenvalue weighted by Crippen LogP contribution is 2.39. The summed E-state index contributed by atoms with van der Waals surface area (Å²) in [6.07, 6.45) is 3.29. The van der Waals surface area contributed by atoms with Crippen LogP contribution in [0.5, 0.6) is 0 Å². The second kappa shape index (κ2) is 6.48. The summed E-state index contributed by atoms with van der Waals surface area (Å²) < 4.78 is 5.21. The maximum atomic E-state index is 12.6. The first kappa shape index (κ1) is 16.1. The predicted molar refractivity (Wildman–Crippen MR) is 98.4 cm³/mol. The summed E-state index contributed by atoms with van der Waals surface area (Å²) in [6, 6.07) is 11.4. The van der Waals surface area contributed by atoms with E-state index in [0.29, 0.717) is 22.5 Å². The monoisotopic (exact) mass is 347 g/mol. The lowest BCUT2D eigenvalue weighted by Crippen LogP contribution is -2.16. The van der Waals surface area contributed by atoms with Gasteiger partial charge in [0.2, 0.25) is 5.91 Å². The molecule has 0 fully saturated rings. The van der Waals surface area contributed by atoms with Crippen LogP contribution < -0.4 is 5.32 Å². The molecule has 1 amide bonds. The number of amides is 1. The average molecular weight is 347 g/mol. The number of pyridine rings is 1. The largest absolute Gasteiger partial charge is 0.463 e. The lowest BCUT2D eigenvalue weighted by Gasteiger charge is -2.11. The Labute approximate surface area is 149 Å². The Morgan fingerprint density at radius 3 is 2.85 bits per heavy atom. The number of nitrogens with one attached hydrogen (secondary N) is 2. The van der Waals surface area contributed by atoms with Crippen LogP contribution in [0.15, 0.2) is 54.4 Å². The Bertz CT molecular complexity index is 1030. The molecule has 0 atom stereocenters. The van der Waals surface area contributed by atoms with E-state index in [4.69, 9.17) is 4.74 Å². The first-order valence-electron chi connectivity index (χ1n) is 8.40. The predicted octanol–water partition coefficient (Wildman–Crippen LogP) is 3.27. The van der Waals surface area contributed by atoms with E-state index >= 15 is 0 Å². The van der Waals surface area contributed by atoms with Crippen molar-refractivity contribution in [3.8, 4) is 0 Å². The van der Waals surface area contributed by atoms with Gasteiger partial charge in [-0.15, -0.1) is 0 Å². The van der Waals surface area contributed by atoms with Crippen LogP contribution in [-0.4, -0.2) is 28.5 Å². The third-order valence-corrected chi connectivity index (χ3v) is 4.33. The molecular formula is C20H17N3O3. The highest BCUT2D eigenvalue weighted by atomic mass is 16.5. The van der Waals surface area contributed by atoms with E-state index in [0.717, 1.165) is 16.5 Å². The average Bonchev–Trinajstić information content (AvgIpc) is 2.93. The number of carbonyl (C=O) groups excluding carboxylic acids is 2. The van der Waals surface area contributed by atoms with Crippen LogP contribution in [0.2, 0.25) is 0 Å². The zero-order valence-corrected chi connectivity index (χ0v) is 14.2. The van der Waals surface area contributed by atoms with Gasteiger partial charge in [0.1, 0.15) is 0 Å². The first-order valence-corrected chi connectivity index (χ1v) is 8.40. The Balaban J connectivity index is 2.05. The van der Waals surface area contributed by atoms with Crippen molar-refractivity contribution in [1.82, 2.24) is 9.97 Å². The zero-order valence-electron chi connectivity index (χ0n) is 14.2. The summed E-state index contributed by atoms with van der Waals surface area (Å²) in [5, 5.41) is 3.82. The van der Waals surface area contributed by atoms with Gasteiger partial charge in [0.15, 0.2) is 0 Å². The van der Waals surface area contributed by atoms with Gasteiger partial charge in [0.05, 0.1) is 30.0 Å². The first-order chi connectivity index (χ1) is 12.7. The van der Waals surface area contributed by atoms with E-state index in [-0.39, 0.29) is 18.9 Å². The van der Waals surface area contributed by atoms with Gasteiger partial charge in [-0.3, -0.25) is 9.78 Å². The van der Waals surface area contributed by atoms with E-state index in [2.05, 4.69) is 15.3 Å². The number of anilines is 1. The van der Waals surface area contributed by atoms with E-state index in [1.165, 1.54) is 0 Å². The minimum atomic E-state index is -0.493. The molecule has 0 radical (unpaired) electrons. The van der Waals surface area contributed by atoms with Crippen molar-refractivity contribution in [2.45, 2.75) is 13.3 Å². The number of nitrogens with zero attached hydrogens (tertiary/aromatic N) is 1. The van der Waals surface area contributed by atoms with Gasteiger partial charge in [0.25, 0.3) is 0 Å². The molecule has 130 valence electrons. The van der Waals surface area contributed by atoms with Crippen molar-refractivity contribution in [2.75, 3.05) is 11.9 Å². The van der Waals surface area contributed by atoms with Crippen molar-refractivity contribution < 1.29 is 14.3 Å². The molecule has 4 rings (SSSR count). The highest BCUT2D eigenvalue weighted by molar-refractivity contribution is 6.16. The standard InChI is InChI=1S/C20H17N3O3/c1-2-26-20(25)14-10-16(24)23-18-13-7-3-4-8-15(13)22-19(18)17(14)12-6-5-9-21-11-12/h3-9,11,22H,2,10H2,1H3,(H,23,24). The highest BCUT2D eigenvalue weighted by Gasteiger charge is 2.29. The van der Waals surface area contributed by atoms with Gasteiger partial charge < -0.3 is 15.0 Å². The molecule has 0 bridgehead atoms. The number of ether oxygens (including phenoxy) is 1. The van der Waals surface area contributed by atoms with Gasteiger partial charge in [-0.2, -0.15) is 0 Å². The Kier molecular flexibility index (Phi) is 4.01. The van der Waals surface area contributed by atoms with E-state index in [1.54, 1.807) is 25.4 Å². The van der Waals surface area contributed by atoms with Crippen LogP contribution in [0.1, 0.15) is 24.6 Å². The van der Waals surface area contributed by atoms with E-state index in [9.17, 15) is 9.59 Å². The normalized spacial score (nSPS) is 14.0. The molecule has 2 N–H and O–H groups in total. The minimum absolute atomic E-state index is 0.0556. The fraction of sp³-hybridized carbons (Fsp3) is 0.150. The second-order valence-electron chi connectivity index (χ2n) is 5.96. The maximum Gasteiger partial charge on any atom is 0.335 e. The van der Waals surface area contributed by atoms with Crippen LogP contribution >= 0.6 is 0 Å². The number of carbonyl (C=O) groups is 2. The molecular weight excluding hydrogens is 330 g/mol. The third kappa shape index (κ3) is 2.65. The summed E-state index contributed by atoms with van der Waals surface area (Å²) in [7, 11) is 0. The van der Waals surface area contributed by atoms with Crippen molar-refractivity contribution >= 4 is 34.0 Å².